The Hall–Kier alpha value is -4.55. The fraction of sp³-hybridized carbons (Fsp3) is 0.357. The van der Waals surface area contributed by atoms with Crippen LogP contribution in [0.4, 0.5) is 19.1 Å². The van der Waals surface area contributed by atoms with E-state index in [1.54, 1.807) is 13.0 Å². The van der Waals surface area contributed by atoms with Crippen LogP contribution in [0.1, 0.15) is 51.9 Å². The molecule has 0 saturated carbocycles. The number of ether oxygens (including phenoxy) is 1. The molecule has 41 heavy (non-hydrogen) atoms. The maximum Gasteiger partial charge on any atom is 0.290 e. The van der Waals surface area contributed by atoms with Crippen molar-refractivity contribution in [2.45, 2.75) is 47.5 Å². The molecular formula is C28H34F3N7O3. The Kier molecular flexibility index (Phi) is 11.7. The van der Waals surface area contributed by atoms with E-state index < -0.39 is 17.9 Å². The van der Waals surface area contributed by atoms with Crippen LogP contribution in [-0.4, -0.2) is 51.1 Å². The number of aliphatic imine (C=N–C) groups is 1. The summed E-state index contributed by atoms with van der Waals surface area (Å²) in [5.41, 5.74) is 8.39. The molecular weight excluding hydrogens is 539 g/mol. The van der Waals surface area contributed by atoms with E-state index in [9.17, 15) is 13.2 Å². The minimum absolute atomic E-state index is 0.0232. The lowest BCUT2D eigenvalue weighted by Gasteiger charge is -2.18. The fourth-order valence-corrected chi connectivity index (χ4v) is 3.66. The molecule has 0 spiro atoms. The van der Waals surface area contributed by atoms with Gasteiger partial charge in [0.15, 0.2) is 0 Å². The number of hydrazone groups is 1. The summed E-state index contributed by atoms with van der Waals surface area (Å²) in [7, 11) is 0. The van der Waals surface area contributed by atoms with E-state index in [1.165, 1.54) is 30.3 Å². The van der Waals surface area contributed by atoms with Crippen LogP contribution in [0.3, 0.4) is 0 Å². The second kappa shape index (κ2) is 14.7. The normalized spacial score (nSPS) is 12.1. The summed E-state index contributed by atoms with van der Waals surface area (Å²) < 4.78 is 47.0. The largest absolute Gasteiger partial charge is 0.483 e. The van der Waals surface area contributed by atoms with E-state index in [-0.39, 0.29) is 36.0 Å². The van der Waals surface area contributed by atoms with Crippen LogP contribution in [0.15, 0.2) is 46.5 Å². The molecule has 0 bridgehead atoms. The quantitative estimate of drug-likeness (QED) is 0.131. The fourth-order valence-electron chi connectivity index (χ4n) is 3.66. The Bertz CT molecular complexity index is 1390. The molecule has 0 fully saturated rings. The summed E-state index contributed by atoms with van der Waals surface area (Å²) in [4.78, 5) is 25.5. The molecule has 0 unspecified atom stereocenters. The van der Waals surface area contributed by atoms with Crippen molar-refractivity contribution in [1.29, 1.82) is 0 Å². The van der Waals surface area contributed by atoms with E-state index in [2.05, 4.69) is 45.8 Å². The van der Waals surface area contributed by atoms with Crippen LogP contribution >= 0.6 is 0 Å². The highest BCUT2D eigenvalue weighted by Crippen LogP contribution is 2.39. The highest BCUT2D eigenvalue weighted by molar-refractivity contribution is 6.42. The van der Waals surface area contributed by atoms with Crippen LogP contribution < -0.4 is 16.3 Å². The molecule has 0 saturated heterocycles. The molecule has 0 amide bonds. The minimum Gasteiger partial charge on any atom is -0.483 e. The molecule has 0 aliphatic rings. The van der Waals surface area contributed by atoms with Crippen LogP contribution in [-0.2, 0) is 4.79 Å². The van der Waals surface area contributed by atoms with E-state index in [0.29, 0.717) is 46.8 Å². The number of nitrogens with two attached hydrogens (primary N) is 2. The smallest absolute Gasteiger partial charge is 0.290 e. The number of benzene rings is 1. The summed E-state index contributed by atoms with van der Waals surface area (Å²) in [5.74, 6) is 5.14. The Morgan fingerprint density at radius 2 is 1.73 bits per heavy atom. The summed E-state index contributed by atoms with van der Waals surface area (Å²) in [5, 5.41) is 10.8. The van der Waals surface area contributed by atoms with E-state index in [4.69, 9.17) is 26.2 Å². The van der Waals surface area contributed by atoms with Crippen LogP contribution in [0.25, 0.3) is 22.4 Å². The van der Waals surface area contributed by atoms with Gasteiger partial charge in [-0.3, -0.25) is 14.8 Å². The average Bonchev–Trinajstić information content (AvgIpc) is 2.90. The van der Waals surface area contributed by atoms with Gasteiger partial charge in [-0.15, -0.1) is 0 Å². The molecule has 0 radical (unpaired) electrons. The maximum absolute atomic E-state index is 13.7. The third kappa shape index (κ3) is 9.55. The van der Waals surface area contributed by atoms with Crippen molar-refractivity contribution in [3.8, 4) is 28.3 Å². The van der Waals surface area contributed by atoms with Gasteiger partial charge in [0.2, 0.25) is 11.8 Å². The van der Waals surface area contributed by atoms with Crippen LogP contribution in [0.5, 0.6) is 5.88 Å². The molecule has 3 aromatic rings. The van der Waals surface area contributed by atoms with Crippen molar-refractivity contribution in [3.63, 3.8) is 0 Å². The Morgan fingerprint density at radius 3 is 2.27 bits per heavy atom. The van der Waals surface area contributed by atoms with Crippen LogP contribution in [0.2, 0.25) is 0 Å². The summed E-state index contributed by atoms with van der Waals surface area (Å²) in [6, 6.07) is 8.39. The number of aromatic nitrogens is 3. The zero-order valence-corrected chi connectivity index (χ0v) is 23.5. The van der Waals surface area contributed by atoms with Crippen molar-refractivity contribution in [3.05, 3.63) is 53.6 Å². The summed E-state index contributed by atoms with van der Waals surface area (Å²) in [6.45, 7) is 9.93. The molecule has 220 valence electrons. The van der Waals surface area contributed by atoms with Gasteiger partial charge in [-0.05, 0) is 60.7 Å². The number of nitrogens with zero attached hydrogens (tertiary/aromatic N) is 5. The highest BCUT2D eigenvalue weighted by atomic mass is 19.3. The van der Waals surface area contributed by atoms with Gasteiger partial charge in [-0.1, -0.05) is 27.7 Å². The standard InChI is InChI=1S/C27H32F3N7O.CH2O2/c1-6-19(33-14-27(3,4)5)21(37-32)13-38-25-22(17-11-15(2)34-20(12-17)24(29)30)23(35-26(31)36-25)16-7-9-18(28)10-8-16;2-1-3/h7-12,24H,6,13-14,32H2,1-5H3,(H2,31,35,36);1H,(H,2,3)/b33-19?,37-21-;. The van der Waals surface area contributed by atoms with Crippen LogP contribution in [0, 0.1) is 18.2 Å². The lowest BCUT2D eigenvalue weighted by Crippen LogP contribution is -2.25. The molecule has 2 heterocycles. The monoisotopic (exact) mass is 573 g/mol. The zero-order chi connectivity index (χ0) is 30.7. The Labute approximate surface area is 236 Å². The van der Waals surface area contributed by atoms with Crippen molar-refractivity contribution < 1.29 is 27.8 Å². The van der Waals surface area contributed by atoms with Gasteiger partial charge in [0.1, 0.15) is 23.8 Å². The average molecular weight is 574 g/mol. The zero-order valence-electron chi connectivity index (χ0n) is 23.5. The lowest BCUT2D eigenvalue weighted by molar-refractivity contribution is -0.122. The molecule has 0 aliphatic heterocycles. The first kappa shape index (κ1) is 32.7. The topological polar surface area (TPSA) is 162 Å². The van der Waals surface area contributed by atoms with Gasteiger partial charge in [-0.25, -0.2) is 18.2 Å². The second-order valence-corrected chi connectivity index (χ2v) is 9.99. The summed E-state index contributed by atoms with van der Waals surface area (Å²) >= 11 is 0. The van der Waals surface area contributed by atoms with Gasteiger partial charge >= 0.3 is 0 Å². The summed E-state index contributed by atoms with van der Waals surface area (Å²) in [6.07, 6.45) is -2.24. The number of hydrogen-bond donors (Lipinski definition) is 3. The van der Waals surface area contributed by atoms with Crippen molar-refractivity contribution in [2.75, 3.05) is 18.9 Å². The first-order chi connectivity index (χ1) is 19.3. The SMILES string of the molecule is CCC(=NCC(C)(C)C)/C(COc1nc(N)nc(-c2ccc(F)cc2)c1-c1cc(C)nc(C(F)F)c1)=N\N.O=CO. The molecule has 2 aromatic heterocycles. The number of alkyl halides is 2. The minimum atomic E-state index is -2.80. The second-order valence-electron chi connectivity index (χ2n) is 9.99. The van der Waals surface area contributed by atoms with Gasteiger partial charge in [0.05, 0.1) is 17.0 Å². The third-order valence-corrected chi connectivity index (χ3v) is 5.41. The number of anilines is 1. The van der Waals surface area contributed by atoms with Gasteiger partial charge in [-0.2, -0.15) is 10.1 Å². The predicted octanol–water partition coefficient (Wildman–Crippen LogP) is 5.46. The molecule has 1 aromatic carbocycles. The number of halogens is 3. The lowest BCUT2D eigenvalue weighted by atomic mass is 9.97. The number of nitrogen functional groups attached to an aromatic ring is 1. The molecule has 13 heteroatoms. The molecule has 5 N–H and O–H groups in total. The van der Waals surface area contributed by atoms with Crippen molar-refractivity contribution in [1.82, 2.24) is 15.0 Å². The first-order valence-electron chi connectivity index (χ1n) is 12.5. The Balaban J connectivity index is 0.00000187. The highest BCUT2D eigenvalue weighted by Gasteiger charge is 2.22. The first-order valence-corrected chi connectivity index (χ1v) is 12.5. The molecule has 0 atom stereocenters. The maximum atomic E-state index is 13.7. The Morgan fingerprint density at radius 1 is 1.10 bits per heavy atom. The van der Waals surface area contributed by atoms with Crippen molar-refractivity contribution >= 4 is 23.8 Å². The molecule has 3 rings (SSSR count). The van der Waals surface area contributed by atoms with Gasteiger partial charge < -0.3 is 21.4 Å². The van der Waals surface area contributed by atoms with E-state index >= 15 is 0 Å². The number of aryl methyl sites for hydroxylation is 1. The third-order valence-electron chi connectivity index (χ3n) is 5.41. The number of hydrogen-bond acceptors (Lipinski definition) is 9. The predicted molar refractivity (Wildman–Crippen MR) is 153 cm³/mol. The van der Waals surface area contributed by atoms with E-state index in [0.717, 1.165) is 0 Å². The van der Waals surface area contributed by atoms with Crippen molar-refractivity contribution in [2.24, 2.45) is 21.4 Å². The number of rotatable bonds is 9. The van der Waals surface area contributed by atoms with Gasteiger partial charge in [0, 0.05) is 17.8 Å². The number of carboxylic acid groups (broad SMARTS) is 1. The molecule has 10 nitrogen and oxygen atoms in total. The van der Waals surface area contributed by atoms with Gasteiger partial charge in [0.25, 0.3) is 12.9 Å². The van der Waals surface area contributed by atoms with E-state index in [1.807, 2.05) is 6.92 Å². The molecule has 0 aliphatic carbocycles. The number of pyridine rings is 1. The number of carbonyl (C=O) groups is 1.